The van der Waals surface area contributed by atoms with Crippen LogP contribution >= 0.6 is 0 Å². The molecule has 2 aliphatic heterocycles. The van der Waals surface area contributed by atoms with Crippen molar-refractivity contribution in [2.24, 2.45) is 11.8 Å². The molecule has 3 aromatic carbocycles. The Hall–Kier alpha value is -4.17. The molecule has 0 radical (unpaired) electrons. The van der Waals surface area contributed by atoms with Crippen LogP contribution in [0.5, 0.6) is 0 Å². The number of carbonyl (C=O) groups excluding carboxylic acids is 2. The van der Waals surface area contributed by atoms with Gasteiger partial charge in [0.2, 0.25) is 5.91 Å². The van der Waals surface area contributed by atoms with Crippen LogP contribution in [0.15, 0.2) is 78.9 Å². The van der Waals surface area contributed by atoms with Gasteiger partial charge in [0.15, 0.2) is 0 Å². The van der Waals surface area contributed by atoms with Crippen molar-refractivity contribution in [3.05, 3.63) is 95.6 Å². The Balaban J connectivity index is 1.16. The van der Waals surface area contributed by atoms with Gasteiger partial charge in [0, 0.05) is 44.6 Å². The molecule has 0 aromatic heterocycles. The van der Waals surface area contributed by atoms with Crippen LogP contribution in [-0.2, 0) is 20.9 Å². The van der Waals surface area contributed by atoms with Crippen molar-refractivity contribution in [1.29, 1.82) is 0 Å². The summed E-state index contributed by atoms with van der Waals surface area (Å²) < 4.78 is 5.84. The van der Waals surface area contributed by atoms with Crippen LogP contribution < -0.4 is 5.32 Å². The summed E-state index contributed by atoms with van der Waals surface area (Å²) >= 11 is 0. The Morgan fingerprint density at radius 3 is 2.20 bits per heavy atom. The molecule has 2 atom stereocenters. The van der Waals surface area contributed by atoms with Crippen LogP contribution in [0.4, 0.5) is 4.79 Å². The molecule has 2 unspecified atom stereocenters. The van der Waals surface area contributed by atoms with Crippen molar-refractivity contribution < 1.29 is 24.2 Å². The number of benzene rings is 3. The number of nitrogens with zero attached hydrogens (tertiary/aromatic N) is 2. The molecule has 0 spiro atoms. The predicted molar refractivity (Wildman–Crippen MR) is 154 cm³/mol. The lowest BCUT2D eigenvalue weighted by molar-refractivity contribution is -0.153. The summed E-state index contributed by atoms with van der Waals surface area (Å²) in [5.74, 6) is -1.72. The van der Waals surface area contributed by atoms with Crippen LogP contribution in [0.1, 0.15) is 36.0 Å². The molecule has 3 aromatic rings. The Kier molecular flexibility index (Phi) is 7.26. The number of carboxylic acids is 1. The average molecular weight is 554 g/mol. The van der Waals surface area contributed by atoms with Gasteiger partial charge in [-0.2, -0.15) is 0 Å². The van der Waals surface area contributed by atoms with E-state index in [1.807, 2.05) is 54.6 Å². The average Bonchev–Trinajstić information content (AvgIpc) is 3.50. The summed E-state index contributed by atoms with van der Waals surface area (Å²) in [6.07, 6.45) is -0.156. The number of rotatable bonds is 8. The molecule has 8 nitrogen and oxygen atoms in total. The minimum atomic E-state index is -1.13. The van der Waals surface area contributed by atoms with Gasteiger partial charge in [0.25, 0.3) is 0 Å². The number of hydrogen-bond acceptors (Lipinski definition) is 5. The van der Waals surface area contributed by atoms with E-state index in [9.17, 15) is 19.5 Å². The molecule has 6 rings (SSSR count). The van der Waals surface area contributed by atoms with Gasteiger partial charge < -0.3 is 20.1 Å². The van der Waals surface area contributed by atoms with Gasteiger partial charge in [-0.1, -0.05) is 85.8 Å². The van der Waals surface area contributed by atoms with Gasteiger partial charge in [-0.05, 0) is 34.2 Å². The van der Waals surface area contributed by atoms with Crippen molar-refractivity contribution >= 4 is 18.0 Å². The Morgan fingerprint density at radius 2 is 1.56 bits per heavy atom. The largest absolute Gasteiger partial charge is 0.481 e. The molecule has 1 aliphatic carbocycles. The molecular weight excluding hydrogens is 518 g/mol. The maximum atomic E-state index is 13.9. The van der Waals surface area contributed by atoms with Gasteiger partial charge in [0.05, 0.1) is 5.92 Å². The summed E-state index contributed by atoms with van der Waals surface area (Å²) in [5, 5.41) is 12.4. The molecule has 212 valence electrons. The van der Waals surface area contributed by atoms with Crippen LogP contribution in [0.25, 0.3) is 11.1 Å². The lowest BCUT2D eigenvalue weighted by Crippen LogP contribution is -2.66. The minimum Gasteiger partial charge on any atom is -0.481 e. The Bertz CT molecular complexity index is 1410. The summed E-state index contributed by atoms with van der Waals surface area (Å²) in [6.45, 7) is 4.27. The van der Waals surface area contributed by atoms with Gasteiger partial charge in [-0.25, -0.2) is 4.79 Å². The second-order valence-electron chi connectivity index (χ2n) is 11.6. The fourth-order valence-corrected chi connectivity index (χ4v) is 6.52. The fraction of sp³-hybridized carbons (Fsp3) is 0.364. The summed E-state index contributed by atoms with van der Waals surface area (Å²) in [7, 11) is 0. The summed E-state index contributed by atoms with van der Waals surface area (Å²) in [6, 6.07) is 26.4. The maximum Gasteiger partial charge on any atom is 0.408 e. The third-order valence-electron chi connectivity index (χ3n) is 8.99. The van der Waals surface area contributed by atoms with Gasteiger partial charge in [-0.15, -0.1) is 0 Å². The molecule has 0 bridgehead atoms. The van der Waals surface area contributed by atoms with E-state index in [1.165, 1.54) is 0 Å². The number of hydrogen-bond donors (Lipinski definition) is 2. The molecule has 2 N–H and O–H groups in total. The molecule has 41 heavy (non-hydrogen) atoms. The van der Waals surface area contributed by atoms with E-state index in [0.29, 0.717) is 39.1 Å². The fourth-order valence-electron chi connectivity index (χ4n) is 6.52. The zero-order chi connectivity index (χ0) is 28.6. The molecule has 2 saturated heterocycles. The molecule has 0 saturated carbocycles. The van der Waals surface area contributed by atoms with Gasteiger partial charge in [-0.3, -0.25) is 14.5 Å². The first-order valence-corrected chi connectivity index (χ1v) is 14.3. The topological polar surface area (TPSA) is 99.2 Å². The molecule has 2 heterocycles. The van der Waals surface area contributed by atoms with Crippen molar-refractivity contribution in [2.45, 2.75) is 31.3 Å². The predicted octanol–water partition coefficient (Wildman–Crippen LogP) is 4.35. The Labute approximate surface area is 239 Å². The van der Waals surface area contributed by atoms with E-state index in [4.69, 9.17) is 4.74 Å². The monoisotopic (exact) mass is 553 g/mol. The summed E-state index contributed by atoms with van der Waals surface area (Å²) in [4.78, 5) is 42.5. The number of likely N-dealkylation sites (tertiary alicyclic amines) is 2. The first kappa shape index (κ1) is 27.0. The first-order chi connectivity index (χ1) is 19.8. The second-order valence-corrected chi connectivity index (χ2v) is 11.6. The highest BCUT2D eigenvalue weighted by Crippen LogP contribution is 2.44. The number of ether oxygens (including phenoxy) is 1. The lowest BCUT2D eigenvalue weighted by Gasteiger charge is -2.45. The van der Waals surface area contributed by atoms with Crippen molar-refractivity contribution in [3.8, 4) is 11.1 Å². The van der Waals surface area contributed by atoms with E-state index in [2.05, 4.69) is 34.5 Å². The maximum absolute atomic E-state index is 13.9. The number of alkyl carbamates (subject to hydrolysis) is 1. The molecular formula is C33H35N3O5. The van der Waals surface area contributed by atoms with E-state index in [-0.39, 0.29) is 24.3 Å². The van der Waals surface area contributed by atoms with Gasteiger partial charge >= 0.3 is 12.1 Å². The molecule has 2 fully saturated rings. The van der Waals surface area contributed by atoms with Crippen LogP contribution in [-0.4, -0.2) is 71.2 Å². The second kappa shape index (κ2) is 11.0. The number of nitrogens with one attached hydrogen (secondary N) is 1. The number of aliphatic carboxylic acids is 1. The van der Waals surface area contributed by atoms with E-state index in [1.54, 1.807) is 11.8 Å². The standard InChI is InChI=1S/C33H35N3O5/c1-22(30(37)38)24-18-36(19-24)31(39)33(15-16-35(21-33)17-23-9-3-2-4-10-23)34-32(40)41-20-29-27-13-7-5-11-25(27)26-12-6-8-14-28(26)29/h2-14,22,24,29H,15-21H2,1H3,(H,34,40)(H,37,38). The minimum absolute atomic E-state index is 0.0772. The van der Waals surface area contributed by atoms with Crippen LogP contribution in [0.3, 0.4) is 0 Å². The van der Waals surface area contributed by atoms with Crippen LogP contribution in [0.2, 0.25) is 0 Å². The van der Waals surface area contributed by atoms with Crippen molar-refractivity contribution in [2.75, 3.05) is 32.8 Å². The lowest BCUT2D eigenvalue weighted by atomic mass is 9.84. The number of fused-ring (bicyclic) bond motifs is 3. The van der Waals surface area contributed by atoms with Crippen molar-refractivity contribution in [3.63, 3.8) is 0 Å². The third-order valence-corrected chi connectivity index (χ3v) is 8.99. The smallest absolute Gasteiger partial charge is 0.408 e. The number of carboxylic acid groups (broad SMARTS) is 1. The molecule has 2 amide bonds. The van der Waals surface area contributed by atoms with E-state index >= 15 is 0 Å². The number of amides is 2. The van der Waals surface area contributed by atoms with Crippen LogP contribution in [0, 0.1) is 11.8 Å². The summed E-state index contributed by atoms with van der Waals surface area (Å²) in [5.41, 5.74) is 4.56. The quantitative estimate of drug-likeness (QED) is 0.431. The highest BCUT2D eigenvalue weighted by molar-refractivity contribution is 5.91. The highest BCUT2D eigenvalue weighted by atomic mass is 16.5. The highest BCUT2D eigenvalue weighted by Gasteiger charge is 2.51. The number of carbonyl (C=O) groups is 3. The molecule has 8 heteroatoms. The normalized spacial score (nSPS) is 21.0. The third kappa shape index (κ3) is 5.20. The zero-order valence-electron chi connectivity index (χ0n) is 23.2. The van der Waals surface area contributed by atoms with E-state index in [0.717, 1.165) is 27.8 Å². The van der Waals surface area contributed by atoms with Gasteiger partial charge in [0.1, 0.15) is 12.1 Å². The Morgan fingerprint density at radius 1 is 0.951 bits per heavy atom. The molecule has 3 aliphatic rings. The van der Waals surface area contributed by atoms with E-state index < -0.39 is 23.5 Å². The van der Waals surface area contributed by atoms with Crippen molar-refractivity contribution in [1.82, 2.24) is 15.1 Å². The zero-order valence-corrected chi connectivity index (χ0v) is 23.2. The first-order valence-electron chi connectivity index (χ1n) is 14.3. The SMILES string of the molecule is CC(C(=O)O)C1CN(C(=O)C2(NC(=O)OCC3c4ccccc4-c4ccccc43)CCN(Cc3ccccc3)C2)C1.